The van der Waals surface area contributed by atoms with Crippen LogP contribution < -0.4 is 11.1 Å². The van der Waals surface area contributed by atoms with Gasteiger partial charge in [-0.2, -0.15) is 0 Å². The third kappa shape index (κ3) is 2.83. The SMILES string of the molecule is Cc1ccc(N)c(Nc2cc(Cl)c(Cl)cc2Cl)c1. The molecule has 0 fully saturated rings. The number of hydrogen-bond acceptors (Lipinski definition) is 2. The monoisotopic (exact) mass is 300 g/mol. The van der Waals surface area contributed by atoms with Gasteiger partial charge in [0.05, 0.1) is 32.1 Å². The van der Waals surface area contributed by atoms with Crippen LogP contribution in [0.4, 0.5) is 17.1 Å². The van der Waals surface area contributed by atoms with Gasteiger partial charge in [0, 0.05) is 0 Å². The van der Waals surface area contributed by atoms with Gasteiger partial charge in [-0.25, -0.2) is 0 Å². The summed E-state index contributed by atoms with van der Waals surface area (Å²) < 4.78 is 0. The maximum Gasteiger partial charge on any atom is 0.0656 e. The minimum absolute atomic E-state index is 0.421. The molecule has 0 aromatic heterocycles. The molecule has 0 amide bonds. The highest BCUT2D eigenvalue weighted by Gasteiger charge is 2.07. The first-order valence-electron chi connectivity index (χ1n) is 5.25. The fourth-order valence-corrected chi connectivity index (χ4v) is 2.14. The number of rotatable bonds is 2. The molecule has 2 aromatic carbocycles. The van der Waals surface area contributed by atoms with Crippen LogP contribution in [0.3, 0.4) is 0 Å². The van der Waals surface area contributed by atoms with Crippen LogP contribution >= 0.6 is 34.8 Å². The lowest BCUT2D eigenvalue weighted by Crippen LogP contribution is -1.97. The molecule has 2 aromatic rings. The van der Waals surface area contributed by atoms with E-state index in [1.54, 1.807) is 12.1 Å². The molecule has 0 aliphatic carbocycles. The van der Waals surface area contributed by atoms with Crippen LogP contribution in [0.15, 0.2) is 30.3 Å². The van der Waals surface area contributed by atoms with E-state index in [2.05, 4.69) is 5.32 Å². The summed E-state index contributed by atoms with van der Waals surface area (Å²) in [6, 6.07) is 8.99. The number of nitrogens with two attached hydrogens (primary N) is 1. The smallest absolute Gasteiger partial charge is 0.0656 e. The Balaban J connectivity index is 2.40. The highest BCUT2D eigenvalue weighted by atomic mass is 35.5. The van der Waals surface area contributed by atoms with Gasteiger partial charge in [-0.1, -0.05) is 40.9 Å². The molecule has 94 valence electrons. The van der Waals surface area contributed by atoms with Gasteiger partial charge < -0.3 is 11.1 Å². The van der Waals surface area contributed by atoms with Gasteiger partial charge in [0.1, 0.15) is 0 Å². The van der Waals surface area contributed by atoms with Crippen LogP contribution in [0.5, 0.6) is 0 Å². The maximum absolute atomic E-state index is 6.10. The van der Waals surface area contributed by atoms with E-state index in [4.69, 9.17) is 40.5 Å². The molecule has 0 heterocycles. The Morgan fingerprint density at radius 2 is 1.56 bits per heavy atom. The molecular weight excluding hydrogens is 291 g/mol. The Hall–Kier alpha value is -1.09. The zero-order chi connectivity index (χ0) is 13.3. The van der Waals surface area contributed by atoms with Crippen molar-refractivity contribution in [3.05, 3.63) is 51.0 Å². The molecule has 3 N–H and O–H groups in total. The summed E-state index contributed by atoms with van der Waals surface area (Å²) in [5.41, 5.74) is 9.09. The second kappa shape index (κ2) is 5.27. The van der Waals surface area contributed by atoms with E-state index in [0.29, 0.717) is 26.4 Å². The molecule has 2 rings (SSSR count). The van der Waals surface area contributed by atoms with Gasteiger partial charge in [-0.3, -0.25) is 0 Å². The predicted octanol–water partition coefficient (Wildman–Crippen LogP) is 5.28. The Bertz CT molecular complexity index is 597. The lowest BCUT2D eigenvalue weighted by Gasteiger charge is -2.12. The average molecular weight is 302 g/mol. The molecule has 0 atom stereocenters. The Labute approximate surface area is 121 Å². The van der Waals surface area contributed by atoms with Gasteiger partial charge in [0.2, 0.25) is 0 Å². The molecule has 5 heteroatoms. The fourth-order valence-electron chi connectivity index (χ4n) is 1.54. The summed E-state index contributed by atoms with van der Waals surface area (Å²) in [4.78, 5) is 0. The number of benzene rings is 2. The van der Waals surface area contributed by atoms with Gasteiger partial charge in [0.15, 0.2) is 0 Å². The van der Waals surface area contributed by atoms with Crippen molar-refractivity contribution in [1.29, 1.82) is 0 Å². The van der Waals surface area contributed by atoms with Crippen LogP contribution in [0.2, 0.25) is 15.1 Å². The molecule has 0 aliphatic heterocycles. The van der Waals surface area contributed by atoms with Gasteiger partial charge in [-0.05, 0) is 36.8 Å². The molecule has 0 saturated heterocycles. The second-order valence-corrected chi connectivity index (χ2v) is 5.18. The van der Waals surface area contributed by atoms with Crippen LogP contribution in [-0.4, -0.2) is 0 Å². The van der Waals surface area contributed by atoms with E-state index in [1.165, 1.54) is 0 Å². The van der Waals surface area contributed by atoms with Crippen molar-refractivity contribution in [3.63, 3.8) is 0 Å². The number of anilines is 3. The summed E-state index contributed by atoms with van der Waals surface area (Å²) in [7, 11) is 0. The Kier molecular flexibility index (Phi) is 3.91. The molecule has 0 saturated carbocycles. The Morgan fingerprint density at radius 1 is 0.889 bits per heavy atom. The number of aryl methyl sites for hydroxylation is 1. The van der Waals surface area contributed by atoms with Crippen LogP contribution in [0.25, 0.3) is 0 Å². The maximum atomic E-state index is 6.10. The van der Waals surface area contributed by atoms with E-state index < -0.39 is 0 Å². The molecule has 18 heavy (non-hydrogen) atoms. The molecule has 0 unspecified atom stereocenters. The molecule has 0 spiro atoms. The zero-order valence-electron chi connectivity index (χ0n) is 9.60. The standard InChI is InChI=1S/C13H11Cl3N2/c1-7-2-3-11(17)13(4-7)18-12-6-9(15)8(14)5-10(12)16/h2-6,18H,17H2,1H3. The van der Waals surface area contributed by atoms with Gasteiger partial charge in [-0.15, -0.1) is 0 Å². The fraction of sp³-hybridized carbons (Fsp3) is 0.0769. The van der Waals surface area contributed by atoms with Crippen molar-refractivity contribution in [1.82, 2.24) is 0 Å². The summed E-state index contributed by atoms with van der Waals surface area (Å²) in [5.74, 6) is 0. The van der Waals surface area contributed by atoms with E-state index >= 15 is 0 Å². The molecule has 0 bridgehead atoms. The van der Waals surface area contributed by atoms with Gasteiger partial charge >= 0.3 is 0 Å². The molecule has 2 nitrogen and oxygen atoms in total. The molecule has 0 aliphatic rings. The normalized spacial score (nSPS) is 10.4. The van der Waals surface area contributed by atoms with Crippen molar-refractivity contribution < 1.29 is 0 Å². The lowest BCUT2D eigenvalue weighted by atomic mass is 10.2. The van der Waals surface area contributed by atoms with E-state index in [9.17, 15) is 0 Å². The largest absolute Gasteiger partial charge is 0.397 e. The van der Waals surface area contributed by atoms with Crippen molar-refractivity contribution in [3.8, 4) is 0 Å². The third-order valence-corrected chi connectivity index (χ3v) is 3.52. The highest BCUT2D eigenvalue weighted by molar-refractivity contribution is 6.44. The first-order chi connectivity index (χ1) is 8.47. The van der Waals surface area contributed by atoms with E-state index in [-0.39, 0.29) is 0 Å². The highest BCUT2D eigenvalue weighted by Crippen LogP contribution is 2.35. The third-order valence-electron chi connectivity index (χ3n) is 2.49. The zero-order valence-corrected chi connectivity index (χ0v) is 11.9. The minimum atomic E-state index is 0.421. The number of halogens is 3. The second-order valence-electron chi connectivity index (χ2n) is 3.96. The summed E-state index contributed by atoms with van der Waals surface area (Å²) in [6.07, 6.45) is 0. The van der Waals surface area contributed by atoms with Crippen molar-refractivity contribution in [2.24, 2.45) is 0 Å². The van der Waals surface area contributed by atoms with Crippen LogP contribution in [0, 0.1) is 6.92 Å². The predicted molar refractivity (Wildman–Crippen MR) is 80.3 cm³/mol. The van der Waals surface area contributed by atoms with E-state index in [0.717, 1.165) is 11.3 Å². The van der Waals surface area contributed by atoms with Crippen molar-refractivity contribution in [2.45, 2.75) is 6.92 Å². The van der Waals surface area contributed by atoms with Crippen LogP contribution in [0.1, 0.15) is 5.56 Å². The van der Waals surface area contributed by atoms with Gasteiger partial charge in [0.25, 0.3) is 0 Å². The first kappa shape index (κ1) is 13.3. The lowest BCUT2D eigenvalue weighted by molar-refractivity contribution is 1.45. The molecule has 0 radical (unpaired) electrons. The van der Waals surface area contributed by atoms with Crippen molar-refractivity contribution in [2.75, 3.05) is 11.1 Å². The quantitative estimate of drug-likeness (QED) is 0.585. The van der Waals surface area contributed by atoms with Crippen molar-refractivity contribution >= 4 is 51.9 Å². The summed E-state index contributed by atoms with van der Waals surface area (Å²) >= 11 is 17.9. The first-order valence-corrected chi connectivity index (χ1v) is 6.38. The van der Waals surface area contributed by atoms with E-state index in [1.807, 2.05) is 25.1 Å². The van der Waals surface area contributed by atoms with Crippen LogP contribution in [-0.2, 0) is 0 Å². The summed E-state index contributed by atoms with van der Waals surface area (Å²) in [6.45, 7) is 1.99. The minimum Gasteiger partial charge on any atom is -0.397 e. The average Bonchev–Trinajstić information content (AvgIpc) is 2.30. The number of hydrogen-bond donors (Lipinski definition) is 2. The summed E-state index contributed by atoms with van der Waals surface area (Å²) in [5, 5.41) is 4.50. The number of nitrogen functional groups attached to an aromatic ring is 1. The topological polar surface area (TPSA) is 38.0 Å². The Morgan fingerprint density at radius 3 is 2.28 bits per heavy atom. The molecular formula is C13H11Cl3N2. The number of nitrogens with one attached hydrogen (secondary N) is 1.